The number of nitrogens with one attached hydrogen (secondary N) is 1. The topological polar surface area (TPSA) is 94.6 Å². The number of hydrogen-bond donors (Lipinski definition) is 1. The molecular weight excluding hydrogens is 416 g/mol. The van der Waals surface area contributed by atoms with Gasteiger partial charge < -0.3 is 9.57 Å². The van der Waals surface area contributed by atoms with Gasteiger partial charge >= 0.3 is 5.97 Å². The van der Waals surface area contributed by atoms with E-state index in [2.05, 4.69) is 10.5 Å². The predicted octanol–water partition coefficient (Wildman–Crippen LogP) is 3.06. The van der Waals surface area contributed by atoms with Crippen molar-refractivity contribution in [2.45, 2.75) is 30.7 Å². The van der Waals surface area contributed by atoms with Gasteiger partial charge in [0, 0.05) is 18.2 Å². The van der Waals surface area contributed by atoms with Crippen molar-refractivity contribution in [1.29, 1.82) is 0 Å². The minimum Gasteiger partial charge on any atom is -0.376 e. The van der Waals surface area contributed by atoms with Gasteiger partial charge in [-0.3, -0.25) is 4.98 Å². The molecule has 2 aromatic carbocycles. The summed E-state index contributed by atoms with van der Waals surface area (Å²) in [5, 5.41) is 0.890. The number of sulfone groups is 1. The van der Waals surface area contributed by atoms with Crippen LogP contribution in [-0.4, -0.2) is 43.9 Å². The molecule has 0 saturated carbocycles. The molecule has 0 amide bonds. The van der Waals surface area contributed by atoms with Gasteiger partial charge in [0.2, 0.25) is 0 Å². The summed E-state index contributed by atoms with van der Waals surface area (Å²) >= 11 is 0. The van der Waals surface area contributed by atoms with Gasteiger partial charge in [0.1, 0.15) is 0 Å². The van der Waals surface area contributed by atoms with Crippen molar-refractivity contribution >= 4 is 26.7 Å². The zero-order chi connectivity index (χ0) is 21.7. The molecule has 7 nitrogen and oxygen atoms in total. The monoisotopic (exact) mass is 440 g/mol. The lowest BCUT2D eigenvalue weighted by molar-refractivity contribution is -0.00883. The Balaban J connectivity index is 1.45. The van der Waals surface area contributed by atoms with Crippen LogP contribution in [0.4, 0.5) is 0 Å². The van der Waals surface area contributed by atoms with E-state index in [4.69, 9.17) is 9.57 Å². The van der Waals surface area contributed by atoms with E-state index >= 15 is 0 Å². The van der Waals surface area contributed by atoms with Crippen molar-refractivity contribution in [3.05, 3.63) is 78.0 Å². The average Bonchev–Trinajstić information content (AvgIpc) is 3.31. The summed E-state index contributed by atoms with van der Waals surface area (Å²) in [6, 6.07) is 17.3. The van der Waals surface area contributed by atoms with Crippen molar-refractivity contribution < 1.29 is 22.8 Å². The first-order valence-electron chi connectivity index (χ1n) is 10.2. The molecule has 0 aliphatic carbocycles. The molecule has 2 unspecified atom stereocenters. The van der Waals surface area contributed by atoms with E-state index in [9.17, 15) is 13.2 Å². The first kappa shape index (κ1) is 21.4. The molecule has 162 valence electrons. The molecule has 3 aromatic rings. The average molecular weight is 441 g/mol. The molecule has 1 fully saturated rings. The summed E-state index contributed by atoms with van der Waals surface area (Å²) < 4.78 is 31.6. The van der Waals surface area contributed by atoms with E-state index in [0.717, 1.165) is 17.3 Å². The molecule has 8 heteroatoms. The van der Waals surface area contributed by atoms with Crippen LogP contribution in [0.2, 0.25) is 0 Å². The SMILES string of the molecule is O=C(ONC(CS(=O)(=O)Cc1cnc2ccccc2c1)C1CCCO1)c1ccccc1. The molecule has 31 heavy (non-hydrogen) atoms. The summed E-state index contributed by atoms with van der Waals surface area (Å²) in [5.41, 5.74) is 4.47. The summed E-state index contributed by atoms with van der Waals surface area (Å²) in [5.74, 6) is -0.936. The van der Waals surface area contributed by atoms with Gasteiger partial charge in [0.15, 0.2) is 9.84 Å². The number of carbonyl (C=O) groups is 1. The summed E-state index contributed by atoms with van der Waals surface area (Å²) in [4.78, 5) is 21.8. The first-order valence-corrected chi connectivity index (χ1v) is 12.0. The lowest BCUT2D eigenvalue weighted by atomic mass is 10.1. The Kier molecular flexibility index (Phi) is 6.60. The second-order valence-electron chi connectivity index (χ2n) is 7.62. The standard InChI is InChI=1S/C23H24N2O5S/c26-23(18-7-2-1-3-8-18)30-25-21(22-11-6-12-29-22)16-31(27,28)15-17-13-19-9-4-5-10-20(19)24-14-17/h1-5,7-10,13-14,21-22,25H,6,11-12,15-16H2. The number of rotatable bonds is 8. The van der Waals surface area contributed by atoms with Crippen molar-refractivity contribution in [2.24, 2.45) is 0 Å². The third-order valence-corrected chi connectivity index (χ3v) is 6.83. The van der Waals surface area contributed by atoms with Crippen molar-refractivity contribution in [1.82, 2.24) is 10.5 Å². The normalized spacial score (nSPS) is 17.5. The van der Waals surface area contributed by atoms with Crippen LogP contribution >= 0.6 is 0 Å². The van der Waals surface area contributed by atoms with Gasteiger partial charge in [-0.15, -0.1) is 5.48 Å². The Morgan fingerprint density at radius 3 is 2.71 bits per heavy atom. The molecule has 0 spiro atoms. The Labute approximate surface area is 181 Å². The van der Waals surface area contributed by atoms with Crippen LogP contribution < -0.4 is 5.48 Å². The van der Waals surface area contributed by atoms with Gasteiger partial charge in [0.05, 0.1) is 34.7 Å². The number of hydroxylamine groups is 1. The smallest absolute Gasteiger partial charge is 0.356 e. The fourth-order valence-electron chi connectivity index (χ4n) is 3.68. The van der Waals surface area contributed by atoms with Crippen LogP contribution in [0.25, 0.3) is 10.9 Å². The molecular formula is C23H24N2O5S. The number of benzene rings is 2. The number of para-hydroxylation sites is 1. The van der Waals surface area contributed by atoms with Gasteiger partial charge in [-0.1, -0.05) is 36.4 Å². The third kappa shape index (κ3) is 5.66. The molecule has 0 radical (unpaired) electrons. The fraction of sp³-hybridized carbons (Fsp3) is 0.304. The zero-order valence-corrected chi connectivity index (χ0v) is 17.8. The van der Waals surface area contributed by atoms with Crippen LogP contribution in [-0.2, 0) is 25.2 Å². The van der Waals surface area contributed by atoms with Gasteiger partial charge in [-0.25, -0.2) is 13.2 Å². The molecule has 2 atom stereocenters. The highest BCUT2D eigenvalue weighted by molar-refractivity contribution is 7.90. The fourth-order valence-corrected chi connectivity index (χ4v) is 5.29. The van der Waals surface area contributed by atoms with Gasteiger partial charge in [-0.2, -0.15) is 0 Å². The van der Waals surface area contributed by atoms with Crippen LogP contribution in [0, 0.1) is 0 Å². The minimum absolute atomic E-state index is 0.150. The third-order valence-electron chi connectivity index (χ3n) is 5.19. The molecule has 1 aliphatic heterocycles. The maximum absolute atomic E-state index is 13.0. The highest BCUT2D eigenvalue weighted by atomic mass is 32.2. The highest BCUT2D eigenvalue weighted by Gasteiger charge is 2.31. The minimum atomic E-state index is -3.53. The second kappa shape index (κ2) is 9.55. The molecule has 1 saturated heterocycles. The molecule has 1 aliphatic rings. The Bertz CT molecular complexity index is 1140. The number of aromatic nitrogens is 1. The van der Waals surface area contributed by atoms with E-state index in [1.54, 1.807) is 36.5 Å². The number of fused-ring (bicyclic) bond motifs is 1. The van der Waals surface area contributed by atoms with Gasteiger partial charge in [-0.05, 0) is 42.7 Å². The van der Waals surface area contributed by atoms with Crippen LogP contribution in [0.15, 0.2) is 66.9 Å². The number of pyridine rings is 1. The van der Waals surface area contributed by atoms with Crippen molar-refractivity contribution in [3.8, 4) is 0 Å². The van der Waals surface area contributed by atoms with E-state index < -0.39 is 21.8 Å². The maximum atomic E-state index is 13.0. The maximum Gasteiger partial charge on any atom is 0.356 e. The summed E-state index contributed by atoms with van der Waals surface area (Å²) in [6.07, 6.45) is 2.79. The highest BCUT2D eigenvalue weighted by Crippen LogP contribution is 2.20. The Hall–Kier alpha value is -2.81. The van der Waals surface area contributed by atoms with E-state index in [-0.39, 0.29) is 17.6 Å². The first-order chi connectivity index (χ1) is 15.0. The largest absolute Gasteiger partial charge is 0.376 e. The number of carbonyl (C=O) groups excluding carboxylic acids is 1. The molecule has 2 heterocycles. The summed E-state index contributed by atoms with van der Waals surface area (Å²) in [7, 11) is -3.53. The van der Waals surface area contributed by atoms with Gasteiger partial charge in [0.25, 0.3) is 0 Å². The van der Waals surface area contributed by atoms with Crippen LogP contribution in [0.3, 0.4) is 0 Å². The molecule has 1 N–H and O–H groups in total. The lowest BCUT2D eigenvalue weighted by Crippen LogP contribution is -2.45. The lowest BCUT2D eigenvalue weighted by Gasteiger charge is -2.23. The number of ether oxygens (including phenoxy) is 1. The molecule has 4 rings (SSSR count). The van der Waals surface area contributed by atoms with E-state index in [1.165, 1.54) is 0 Å². The van der Waals surface area contributed by atoms with E-state index in [0.29, 0.717) is 24.2 Å². The Morgan fingerprint density at radius 1 is 1.16 bits per heavy atom. The van der Waals surface area contributed by atoms with Crippen LogP contribution in [0.5, 0.6) is 0 Å². The molecule has 0 bridgehead atoms. The predicted molar refractivity (Wildman–Crippen MR) is 117 cm³/mol. The number of hydrogen-bond acceptors (Lipinski definition) is 7. The van der Waals surface area contributed by atoms with Crippen molar-refractivity contribution in [2.75, 3.05) is 12.4 Å². The van der Waals surface area contributed by atoms with Crippen LogP contribution in [0.1, 0.15) is 28.8 Å². The number of nitrogens with zero attached hydrogens (tertiary/aromatic N) is 1. The Morgan fingerprint density at radius 2 is 1.94 bits per heavy atom. The quantitative estimate of drug-likeness (QED) is 0.538. The second-order valence-corrected chi connectivity index (χ2v) is 9.73. The zero-order valence-electron chi connectivity index (χ0n) is 16.9. The van der Waals surface area contributed by atoms with Crippen molar-refractivity contribution in [3.63, 3.8) is 0 Å². The van der Waals surface area contributed by atoms with E-state index in [1.807, 2.05) is 30.3 Å². The molecule has 1 aromatic heterocycles. The summed E-state index contributed by atoms with van der Waals surface area (Å²) in [6.45, 7) is 0.560.